The summed E-state index contributed by atoms with van der Waals surface area (Å²) in [5.41, 5.74) is 4.36. The first-order valence-corrected chi connectivity index (χ1v) is 9.72. The summed E-state index contributed by atoms with van der Waals surface area (Å²) >= 11 is 0. The molecule has 0 aliphatic carbocycles. The molecule has 0 fully saturated rings. The number of amides is 1. The van der Waals surface area contributed by atoms with Gasteiger partial charge in [-0.15, -0.1) is 0 Å². The van der Waals surface area contributed by atoms with Gasteiger partial charge in [0.15, 0.2) is 6.79 Å². The molecule has 0 saturated heterocycles. The number of ether oxygens (including phenoxy) is 2. The Morgan fingerprint density at radius 2 is 2.18 bits per heavy atom. The van der Waals surface area contributed by atoms with Crippen LogP contribution in [0.15, 0.2) is 30.3 Å². The van der Waals surface area contributed by atoms with Gasteiger partial charge in [-0.2, -0.15) is 0 Å². The fourth-order valence-corrected chi connectivity index (χ4v) is 4.00. The molecule has 2 aliphatic rings. The standard InChI is InChI=1S/C22H25FN2O3/c1-14(2)24-22(26)19-5-3-7-20-18(19)6-4-8-25(20)11-15-9-17(23)10-16-12-27-13-28-21(15)16/h3,5,7,9-10,14H,4,6,8,11-13H2,1-2H3,(H,24,26). The smallest absolute Gasteiger partial charge is 0.251 e. The molecule has 0 saturated carbocycles. The number of anilines is 1. The summed E-state index contributed by atoms with van der Waals surface area (Å²) in [5, 5.41) is 2.98. The first-order valence-electron chi connectivity index (χ1n) is 9.72. The Morgan fingerprint density at radius 3 is 3.00 bits per heavy atom. The zero-order valence-electron chi connectivity index (χ0n) is 16.3. The third-order valence-electron chi connectivity index (χ3n) is 5.12. The second-order valence-electron chi connectivity index (χ2n) is 7.62. The van der Waals surface area contributed by atoms with Crippen molar-refractivity contribution in [1.29, 1.82) is 0 Å². The largest absolute Gasteiger partial charge is 0.467 e. The Bertz CT molecular complexity index is 898. The van der Waals surface area contributed by atoms with Gasteiger partial charge in [-0.25, -0.2) is 4.39 Å². The van der Waals surface area contributed by atoms with Crippen LogP contribution in [0.3, 0.4) is 0 Å². The summed E-state index contributed by atoms with van der Waals surface area (Å²) in [6.45, 7) is 5.83. The average Bonchev–Trinajstić information content (AvgIpc) is 2.67. The molecular formula is C22H25FN2O3. The minimum atomic E-state index is -0.287. The van der Waals surface area contributed by atoms with Crippen LogP contribution in [0.2, 0.25) is 0 Å². The zero-order valence-corrected chi connectivity index (χ0v) is 16.3. The van der Waals surface area contributed by atoms with E-state index in [2.05, 4.69) is 10.2 Å². The predicted octanol–water partition coefficient (Wildman–Crippen LogP) is 3.78. The third-order valence-corrected chi connectivity index (χ3v) is 5.12. The van der Waals surface area contributed by atoms with Crippen LogP contribution in [-0.4, -0.2) is 25.3 Å². The van der Waals surface area contributed by atoms with Gasteiger partial charge in [0.05, 0.1) is 6.61 Å². The van der Waals surface area contributed by atoms with Gasteiger partial charge in [-0.3, -0.25) is 4.79 Å². The molecule has 28 heavy (non-hydrogen) atoms. The summed E-state index contributed by atoms with van der Waals surface area (Å²) < 4.78 is 25.1. The van der Waals surface area contributed by atoms with Gasteiger partial charge >= 0.3 is 0 Å². The molecule has 5 nitrogen and oxygen atoms in total. The molecule has 0 atom stereocenters. The maximum Gasteiger partial charge on any atom is 0.251 e. The van der Waals surface area contributed by atoms with E-state index in [1.165, 1.54) is 12.1 Å². The quantitative estimate of drug-likeness (QED) is 0.872. The van der Waals surface area contributed by atoms with E-state index in [-0.39, 0.29) is 24.6 Å². The van der Waals surface area contributed by atoms with Gasteiger partial charge in [0, 0.05) is 41.5 Å². The maximum atomic E-state index is 14.1. The summed E-state index contributed by atoms with van der Waals surface area (Å²) in [6.07, 6.45) is 1.81. The van der Waals surface area contributed by atoms with E-state index in [1.807, 2.05) is 32.0 Å². The minimum absolute atomic E-state index is 0.0442. The van der Waals surface area contributed by atoms with Crippen molar-refractivity contribution in [3.8, 4) is 5.75 Å². The molecule has 2 aliphatic heterocycles. The van der Waals surface area contributed by atoms with Gasteiger partial charge in [0.25, 0.3) is 5.91 Å². The van der Waals surface area contributed by atoms with Crippen molar-refractivity contribution in [2.75, 3.05) is 18.2 Å². The fourth-order valence-electron chi connectivity index (χ4n) is 4.00. The van der Waals surface area contributed by atoms with Crippen molar-refractivity contribution in [3.05, 3.63) is 58.4 Å². The fraction of sp³-hybridized carbons (Fsp3) is 0.409. The molecule has 2 aromatic carbocycles. The van der Waals surface area contributed by atoms with E-state index >= 15 is 0 Å². The van der Waals surface area contributed by atoms with E-state index in [0.717, 1.165) is 47.3 Å². The molecule has 4 rings (SSSR count). The van der Waals surface area contributed by atoms with Crippen LogP contribution in [-0.2, 0) is 24.3 Å². The second kappa shape index (κ2) is 7.80. The van der Waals surface area contributed by atoms with Gasteiger partial charge < -0.3 is 19.7 Å². The van der Waals surface area contributed by atoms with Gasteiger partial charge in [0.1, 0.15) is 11.6 Å². The van der Waals surface area contributed by atoms with Crippen LogP contribution < -0.4 is 15.0 Å². The zero-order chi connectivity index (χ0) is 19.7. The first kappa shape index (κ1) is 18.7. The summed E-state index contributed by atoms with van der Waals surface area (Å²) in [7, 11) is 0. The predicted molar refractivity (Wildman–Crippen MR) is 105 cm³/mol. The normalized spacial score (nSPS) is 15.6. The number of fused-ring (bicyclic) bond motifs is 2. The number of nitrogens with one attached hydrogen (secondary N) is 1. The number of halogens is 1. The van der Waals surface area contributed by atoms with E-state index < -0.39 is 0 Å². The Kier molecular flexibility index (Phi) is 5.22. The number of nitrogens with zero attached hydrogens (tertiary/aromatic N) is 1. The molecular weight excluding hydrogens is 359 g/mol. The Balaban J connectivity index is 1.66. The molecule has 6 heteroatoms. The second-order valence-corrected chi connectivity index (χ2v) is 7.62. The SMILES string of the molecule is CC(C)NC(=O)c1cccc2c1CCCN2Cc1cc(F)cc2c1OCOC2. The molecule has 0 spiro atoms. The molecule has 0 unspecified atom stereocenters. The molecule has 2 heterocycles. The Labute approximate surface area is 164 Å². The monoisotopic (exact) mass is 384 g/mol. The summed E-state index contributed by atoms with van der Waals surface area (Å²) in [4.78, 5) is 14.8. The van der Waals surface area contributed by atoms with Crippen molar-refractivity contribution >= 4 is 11.6 Å². The number of rotatable bonds is 4. The molecule has 148 valence electrons. The summed E-state index contributed by atoms with van der Waals surface area (Å²) in [6, 6.07) is 8.92. The lowest BCUT2D eigenvalue weighted by atomic mass is 9.95. The highest BCUT2D eigenvalue weighted by Gasteiger charge is 2.25. The topological polar surface area (TPSA) is 50.8 Å². The van der Waals surface area contributed by atoms with E-state index in [0.29, 0.717) is 18.9 Å². The highest BCUT2D eigenvalue weighted by Crippen LogP contribution is 2.35. The lowest BCUT2D eigenvalue weighted by molar-refractivity contribution is -0.0172. The van der Waals surface area contributed by atoms with Crippen molar-refractivity contribution in [2.45, 2.75) is 45.9 Å². The van der Waals surface area contributed by atoms with Crippen molar-refractivity contribution in [2.24, 2.45) is 0 Å². The van der Waals surface area contributed by atoms with Crippen LogP contribution in [0.25, 0.3) is 0 Å². The Morgan fingerprint density at radius 1 is 1.32 bits per heavy atom. The molecule has 1 N–H and O–H groups in total. The van der Waals surface area contributed by atoms with E-state index in [4.69, 9.17) is 9.47 Å². The van der Waals surface area contributed by atoms with E-state index in [1.54, 1.807) is 0 Å². The van der Waals surface area contributed by atoms with Gasteiger partial charge in [-0.1, -0.05) is 6.07 Å². The number of carbonyl (C=O) groups excluding carboxylic acids is 1. The maximum absolute atomic E-state index is 14.1. The van der Waals surface area contributed by atoms with Crippen LogP contribution in [0.4, 0.5) is 10.1 Å². The highest BCUT2D eigenvalue weighted by molar-refractivity contribution is 5.97. The van der Waals surface area contributed by atoms with Crippen LogP contribution in [0.1, 0.15) is 47.3 Å². The van der Waals surface area contributed by atoms with Crippen LogP contribution in [0, 0.1) is 5.82 Å². The molecule has 0 aromatic heterocycles. The lowest BCUT2D eigenvalue weighted by Crippen LogP contribution is -2.34. The molecule has 1 amide bonds. The number of hydrogen-bond donors (Lipinski definition) is 1. The van der Waals surface area contributed by atoms with Crippen molar-refractivity contribution in [3.63, 3.8) is 0 Å². The average molecular weight is 384 g/mol. The molecule has 0 radical (unpaired) electrons. The van der Waals surface area contributed by atoms with Crippen molar-refractivity contribution < 1.29 is 18.7 Å². The van der Waals surface area contributed by atoms with Crippen LogP contribution in [0.5, 0.6) is 5.75 Å². The molecule has 0 bridgehead atoms. The number of hydrogen-bond acceptors (Lipinski definition) is 4. The van der Waals surface area contributed by atoms with Gasteiger partial charge in [-0.05, 0) is 56.5 Å². The summed E-state index contributed by atoms with van der Waals surface area (Å²) in [5.74, 6) is 0.385. The third kappa shape index (κ3) is 3.69. The number of benzene rings is 2. The highest BCUT2D eigenvalue weighted by atomic mass is 19.1. The van der Waals surface area contributed by atoms with E-state index in [9.17, 15) is 9.18 Å². The molecule has 2 aromatic rings. The lowest BCUT2D eigenvalue weighted by Gasteiger charge is -2.33. The van der Waals surface area contributed by atoms with Crippen LogP contribution >= 0.6 is 0 Å². The van der Waals surface area contributed by atoms with Crippen molar-refractivity contribution in [1.82, 2.24) is 5.32 Å². The van der Waals surface area contributed by atoms with Gasteiger partial charge in [0.2, 0.25) is 0 Å². The number of carbonyl (C=O) groups is 1. The minimum Gasteiger partial charge on any atom is -0.467 e. The Hall–Kier alpha value is -2.60. The first-order chi connectivity index (χ1) is 13.5.